The number of carbonyl (C=O) groups excluding carboxylic acids is 1. The molecule has 0 aliphatic carbocycles. The van der Waals surface area contributed by atoms with Gasteiger partial charge in [0, 0.05) is 6.42 Å². The van der Waals surface area contributed by atoms with Crippen LogP contribution in [0.15, 0.2) is 24.3 Å². The number of phenolic OH excluding ortho intramolecular Hbond substituents is 1. The summed E-state index contributed by atoms with van der Waals surface area (Å²) < 4.78 is 4.54. The molecule has 1 aromatic carbocycles. The van der Waals surface area contributed by atoms with Gasteiger partial charge in [0.2, 0.25) is 0 Å². The van der Waals surface area contributed by atoms with E-state index in [1.807, 2.05) is 6.07 Å². The second-order valence-electron chi connectivity index (χ2n) is 2.59. The molecular formula is C9H11NO3. The second kappa shape index (κ2) is 4.35. The van der Waals surface area contributed by atoms with Crippen LogP contribution in [0.25, 0.3) is 0 Å². The van der Waals surface area contributed by atoms with Gasteiger partial charge in [0.1, 0.15) is 5.75 Å². The third-order valence-electron chi connectivity index (χ3n) is 1.55. The number of rotatable bonds is 3. The lowest BCUT2D eigenvalue weighted by atomic mass is 10.1. The van der Waals surface area contributed by atoms with Crippen LogP contribution in [-0.2, 0) is 11.2 Å². The van der Waals surface area contributed by atoms with E-state index in [9.17, 15) is 4.79 Å². The van der Waals surface area contributed by atoms with Crippen molar-refractivity contribution in [1.82, 2.24) is 0 Å². The second-order valence-corrected chi connectivity index (χ2v) is 2.59. The van der Waals surface area contributed by atoms with Gasteiger partial charge in [-0.3, -0.25) is 0 Å². The SMILES string of the molecule is NC(=O)OCCc1cccc(O)c1. The number of hydrogen-bond acceptors (Lipinski definition) is 3. The molecule has 0 aliphatic heterocycles. The Hall–Kier alpha value is -1.71. The molecule has 13 heavy (non-hydrogen) atoms. The van der Waals surface area contributed by atoms with E-state index in [1.54, 1.807) is 18.2 Å². The van der Waals surface area contributed by atoms with Crippen molar-refractivity contribution >= 4 is 6.09 Å². The number of nitrogens with two attached hydrogens (primary N) is 1. The molecule has 0 saturated carbocycles. The van der Waals surface area contributed by atoms with Gasteiger partial charge in [0.15, 0.2) is 0 Å². The van der Waals surface area contributed by atoms with Gasteiger partial charge >= 0.3 is 6.09 Å². The van der Waals surface area contributed by atoms with Gasteiger partial charge in [-0.2, -0.15) is 0 Å². The monoisotopic (exact) mass is 181 g/mol. The molecule has 0 aliphatic rings. The van der Waals surface area contributed by atoms with Crippen LogP contribution in [0.4, 0.5) is 4.79 Å². The largest absolute Gasteiger partial charge is 0.508 e. The van der Waals surface area contributed by atoms with Gasteiger partial charge in [0.05, 0.1) is 6.61 Å². The van der Waals surface area contributed by atoms with E-state index in [0.717, 1.165) is 5.56 Å². The summed E-state index contributed by atoms with van der Waals surface area (Å²) in [7, 11) is 0. The molecule has 70 valence electrons. The Morgan fingerprint density at radius 2 is 2.31 bits per heavy atom. The van der Waals surface area contributed by atoms with E-state index >= 15 is 0 Å². The quantitative estimate of drug-likeness (QED) is 0.731. The molecule has 1 aromatic rings. The minimum absolute atomic E-state index is 0.205. The fourth-order valence-electron chi connectivity index (χ4n) is 0.981. The maximum Gasteiger partial charge on any atom is 0.404 e. The van der Waals surface area contributed by atoms with Crippen LogP contribution < -0.4 is 5.73 Å². The van der Waals surface area contributed by atoms with Gasteiger partial charge in [-0.25, -0.2) is 4.79 Å². The summed E-state index contributed by atoms with van der Waals surface area (Å²) in [4.78, 5) is 10.2. The van der Waals surface area contributed by atoms with Crippen molar-refractivity contribution in [2.24, 2.45) is 5.73 Å². The lowest BCUT2D eigenvalue weighted by Crippen LogP contribution is -2.14. The van der Waals surface area contributed by atoms with Crippen LogP contribution >= 0.6 is 0 Å². The Morgan fingerprint density at radius 3 is 2.92 bits per heavy atom. The highest BCUT2D eigenvalue weighted by atomic mass is 16.5. The average molecular weight is 181 g/mol. The fourth-order valence-corrected chi connectivity index (χ4v) is 0.981. The van der Waals surface area contributed by atoms with Crippen LogP contribution in [0.2, 0.25) is 0 Å². The minimum Gasteiger partial charge on any atom is -0.508 e. The summed E-state index contributed by atoms with van der Waals surface area (Å²) in [6.07, 6.45) is -0.225. The molecule has 4 heteroatoms. The molecule has 0 bridgehead atoms. The molecule has 0 radical (unpaired) electrons. The Bertz CT molecular complexity index is 299. The van der Waals surface area contributed by atoms with Gasteiger partial charge in [-0.1, -0.05) is 12.1 Å². The molecule has 3 N–H and O–H groups in total. The zero-order valence-corrected chi connectivity index (χ0v) is 7.06. The van der Waals surface area contributed by atoms with Gasteiger partial charge in [-0.05, 0) is 17.7 Å². The number of phenols is 1. The van der Waals surface area contributed by atoms with Crippen LogP contribution in [-0.4, -0.2) is 17.8 Å². The van der Waals surface area contributed by atoms with E-state index in [2.05, 4.69) is 4.74 Å². The first-order valence-corrected chi connectivity index (χ1v) is 3.88. The van der Waals surface area contributed by atoms with Crippen molar-refractivity contribution in [2.45, 2.75) is 6.42 Å². The number of benzene rings is 1. The van der Waals surface area contributed by atoms with Crippen LogP contribution in [0, 0.1) is 0 Å². The zero-order chi connectivity index (χ0) is 9.68. The first-order chi connectivity index (χ1) is 6.18. The third-order valence-corrected chi connectivity index (χ3v) is 1.55. The fraction of sp³-hybridized carbons (Fsp3) is 0.222. The predicted molar refractivity (Wildman–Crippen MR) is 47.3 cm³/mol. The van der Waals surface area contributed by atoms with Crippen molar-refractivity contribution in [3.05, 3.63) is 29.8 Å². The van der Waals surface area contributed by atoms with E-state index in [1.165, 1.54) is 0 Å². The van der Waals surface area contributed by atoms with Gasteiger partial charge in [0.25, 0.3) is 0 Å². The Balaban J connectivity index is 2.41. The van der Waals surface area contributed by atoms with Crippen LogP contribution in [0.5, 0.6) is 5.75 Å². The normalized spacial score (nSPS) is 9.54. The number of hydrogen-bond donors (Lipinski definition) is 2. The van der Waals surface area contributed by atoms with E-state index in [4.69, 9.17) is 10.8 Å². The number of aromatic hydroxyl groups is 1. The Kier molecular flexibility index (Phi) is 3.14. The van der Waals surface area contributed by atoms with Gasteiger partial charge in [-0.15, -0.1) is 0 Å². The first-order valence-electron chi connectivity index (χ1n) is 3.88. The van der Waals surface area contributed by atoms with E-state index in [-0.39, 0.29) is 12.4 Å². The molecular weight excluding hydrogens is 170 g/mol. The molecule has 0 unspecified atom stereocenters. The van der Waals surface area contributed by atoms with Crippen LogP contribution in [0.1, 0.15) is 5.56 Å². The van der Waals surface area contributed by atoms with Crippen LogP contribution in [0.3, 0.4) is 0 Å². The summed E-state index contributed by atoms with van der Waals surface area (Å²) in [6, 6.07) is 6.77. The summed E-state index contributed by atoms with van der Waals surface area (Å²) >= 11 is 0. The predicted octanol–water partition coefficient (Wildman–Crippen LogP) is 1.03. The Morgan fingerprint density at radius 1 is 1.54 bits per heavy atom. The molecule has 0 atom stereocenters. The maximum absolute atomic E-state index is 10.2. The minimum atomic E-state index is -0.778. The van der Waals surface area contributed by atoms with E-state index in [0.29, 0.717) is 6.42 Å². The molecule has 0 spiro atoms. The van der Waals surface area contributed by atoms with Gasteiger partial charge < -0.3 is 15.6 Å². The standard InChI is InChI=1S/C9H11NO3/c10-9(12)13-5-4-7-2-1-3-8(11)6-7/h1-3,6,11H,4-5H2,(H2,10,12). The number of primary amides is 1. The summed E-state index contributed by atoms with van der Waals surface area (Å²) in [5, 5.41) is 9.09. The highest BCUT2D eigenvalue weighted by Crippen LogP contribution is 2.11. The van der Waals surface area contributed by atoms with E-state index < -0.39 is 6.09 Å². The molecule has 1 amide bonds. The lowest BCUT2D eigenvalue weighted by molar-refractivity contribution is 0.158. The van der Waals surface area contributed by atoms with Crippen molar-refractivity contribution in [3.63, 3.8) is 0 Å². The molecule has 0 saturated heterocycles. The Labute approximate surface area is 75.9 Å². The summed E-state index contributed by atoms with van der Waals surface area (Å²) in [5.41, 5.74) is 5.68. The molecule has 1 rings (SSSR count). The highest BCUT2D eigenvalue weighted by Gasteiger charge is 1.96. The topological polar surface area (TPSA) is 72.6 Å². The molecule has 0 fully saturated rings. The van der Waals surface area contributed by atoms with Crippen molar-refractivity contribution in [2.75, 3.05) is 6.61 Å². The maximum atomic E-state index is 10.2. The molecule has 4 nitrogen and oxygen atoms in total. The average Bonchev–Trinajstić information content (AvgIpc) is 2.03. The highest BCUT2D eigenvalue weighted by molar-refractivity contribution is 5.64. The third kappa shape index (κ3) is 3.46. The van der Waals surface area contributed by atoms with Crippen molar-refractivity contribution in [1.29, 1.82) is 0 Å². The first kappa shape index (κ1) is 9.38. The number of amides is 1. The zero-order valence-electron chi connectivity index (χ0n) is 7.06. The molecule has 0 aromatic heterocycles. The summed E-state index contributed by atoms with van der Waals surface area (Å²) in [6.45, 7) is 0.235. The number of carbonyl (C=O) groups is 1. The molecule has 0 heterocycles. The van der Waals surface area contributed by atoms with Crippen molar-refractivity contribution in [3.8, 4) is 5.75 Å². The number of ether oxygens (including phenoxy) is 1. The smallest absolute Gasteiger partial charge is 0.404 e. The van der Waals surface area contributed by atoms with Crippen molar-refractivity contribution < 1.29 is 14.6 Å². The lowest BCUT2D eigenvalue weighted by Gasteiger charge is -2.01. The summed E-state index contributed by atoms with van der Waals surface area (Å²) in [5.74, 6) is 0.205.